The second-order valence-electron chi connectivity index (χ2n) is 6.32. The van der Waals surface area contributed by atoms with Gasteiger partial charge in [-0.15, -0.1) is 0 Å². The number of amides is 2. The topological polar surface area (TPSA) is 89.4 Å². The average molecular weight is 411 g/mol. The number of thiazole rings is 1. The Labute approximate surface area is 172 Å². The van der Waals surface area contributed by atoms with Gasteiger partial charge in [-0.25, -0.2) is 0 Å². The second kappa shape index (κ2) is 9.20. The highest BCUT2D eigenvalue weighted by Gasteiger charge is 2.10. The fourth-order valence-electron chi connectivity index (χ4n) is 2.76. The first-order valence-electron chi connectivity index (χ1n) is 8.97. The summed E-state index contributed by atoms with van der Waals surface area (Å²) in [5.74, 6) is 0.0955. The molecule has 7 nitrogen and oxygen atoms in total. The fraction of sp³-hybridized carbons (Fsp3) is 0.190. The standard InChI is InChI=1S/C21H21N3O4S/c1-14-13-29-21(27)24(14)12-11-19(25)22-16-9-7-15(8-10-16)20(26)23-17-5-3-4-6-18(17)28-2/h3-10,13H,11-12H2,1-2H3,(H,22,25)(H,23,26). The number of nitrogens with one attached hydrogen (secondary N) is 2. The normalized spacial score (nSPS) is 10.4. The fourth-order valence-corrected chi connectivity index (χ4v) is 3.52. The number of methoxy groups -OCH3 is 1. The van der Waals surface area contributed by atoms with E-state index >= 15 is 0 Å². The Morgan fingerprint density at radius 3 is 2.45 bits per heavy atom. The highest BCUT2D eigenvalue weighted by atomic mass is 32.1. The molecule has 0 bridgehead atoms. The number of carbonyl (C=O) groups excluding carboxylic acids is 2. The van der Waals surface area contributed by atoms with E-state index < -0.39 is 0 Å². The third-order valence-electron chi connectivity index (χ3n) is 4.32. The predicted octanol–water partition coefficient (Wildman–Crippen LogP) is 3.51. The Morgan fingerprint density at radius 1 is 1.07 bits per heavy atom. The van der Waals surface area contributed by atoms with Gasteiger partial charge < -0.3 is 19.9 Å². The number of hydrogen-bond acceptors (Lipinski definition) is 5. The molecule has 0 unspecified atom stereocenters. The van der Waals surface area contributed by atoms with Crippen molar-refractivity contribution in [3.05, 3.63) is 74.8 Å². The molecule has 3 aromatic rings. The third-order valence-corrected chi connectivity index (χ3v) is 5.21. The van der Waals surface area contributed by atoms with Crippen LogP contribution >= 0.6 is 11.3 Å². The molecule has 3 rings (SSSR count). The van der Waals surface area contributed by atoms with Gasteiger partial charge >= 0.3 is 4.87 Å². The molecule has 2 aromatic carbocycles. The summed E-state index contributed by atoms with van der Waals surface area (Å²) < 4.78 is 6.81. The van der Waals surface area contributed by atoms with Crippen LogP contribution in [0.25, 0.3) is 0 Å². The molecular weight excluding hydrogens is 390 g/mol. The smallest absolute Gasteiger partial charge is 0.307 e. The molecule has 0 spiro atoms. The molecule has 0 aliphatic carbocycles. The van der Waals surface area contributed by atoms with Crippen molar-refractivity contribution in [3.63, 3.8) is 0 Å². The number of rotatable bonds is 7. The van der Waals surface area contributed by atoms with Crippen molar-refractivity contribution in [3.8, 4) is 5.75 Å². The summed E-state index contributed by atoms with van der Waals surface area (Å²) >= 11 is 1.12. The molecule has 29 heavy (non-hydrogen) atoms. The van der Waals surface area contributed by atoms with Gasteiger partial charge in [0.1, 0.15) is 5.75 Å². The molecule has 0 aliphatic rings. The Morgan fingerprint density at radius 2 is 1.79 bits per heavy atom. The van der Waals surface area contributed by atoms with E-state index in [0.29, 0.717) is 29.2 Å². The number of hydrogen-bond donors (Lipinski definition) is 2. The number of aryl methyl sites for hydroxylation is 1. The van der Waals surface area contributed by atoms with E-state index in [4.69, 9.17) is 4.74 Å². The Hall–Kier alpha value is -3.39. The van der Waals surface area contributed by atoms with E-state index in [1.807, 2.05) is 19.1 Å². The van der Waals surface area contributed by atoms with Crippen LogP contribution in [0.2, 0.25) is 0 Å². The minimum atomic E-state index is -0.278. The van der Waals surface area contributed by atoms with Crippen LogP contribution in [0.4, 0.5) is 11.4 Å². The monoisotopic (exact) mass is 411 g/mol. The first-order chi connectivity index (χ1) is 14.0. The molecule has 1 aromatic heterocycles. The predicted molar refractivity (Wildman–Crippen MR) is 114 cm³/mol. The molecule has 8 heteroatoms. The van der Waals surface area contributed by atoms with Crippen LogP contribution < -0.4 is 20.2 Å². The van der Waals surface area contributed by atoms with Crippen LogP contribution in [-0.4, -0.2) is 23.5 Å². The third kappa shape index (κ3) is 5.11. The van der Waals surface area contributed by atoms with Crippen LogP contribution in [-0.2, 0) is 11.3 Å². The molecule has 1 heterocycles. The molecule has 2 amide bonds. The molecule has 0 fully saturated rings. The summed E-state index contributed by atoms with van der Waals surface area (Å²) in [5.41, 5.74) is 2.46. The van der Waals surface area contributed by atoms with Crippen molar-refractivity contribution in [1.29, 1.82) is 0 Å². The number of carbonyl (C=O) groups is 2. The summed E-state index contributed by atoms with van der Waals surface area (Å²) in [7, 11) is 1.54. The summed E-state index contributed by atoms with van der Waals surface area (Å²) in [6.07, 6.45) is 0.188. The van der Waals surface area contributed by atoms with Gasteiger partial charge in [0.05, 0.1) is 12.8 Å². The number of benzene rings is 2. The Bertz CT molecular complexity index is 1070. The Balaban J connectivity index is 1.57. The van der Waals surface area contributed by atoms with Gasteiger partial charge in [-0.05, 0) is 43.3 Å². The maximum absolute atomic E-state index is 12.4. The molecule has 2 N–H and O–H groups in total. The molecule has 0 aliphatic heterocycles. The van der Waals surface area contributed by atoms with E-state index in [-0.39, 0.29) is 23.1 Å². The number of ether oxygens (including phenoxy) is 1. The van der Waals surface area contributed by atoms with Crippen molar-refractivity contribution in [2.24, 2.45) is 0 Å². The number of nitrogens with zero attached hydrogens (tertiary/aromatic N) is 1. The minimum Gasteiger partial charge on any atom is -0.495 e. The van der Waals surface area contributed by atoms with Gasteiger partial charge in [-0.1, -0.05) is 23.5 Å². The lowest BCUT2D eigenvalue weighted by Gasteiger charge is -2.10. The van der Waals surface area contributed by atoms with E-state index in [2.05, 4.69) is 10.6 Å². The second-order valence-corrected chi connectivity index (χ2v) is 7.15. The highest BCUT2D eigenvalue weighted by molar-refractivity contribution is 7.07. The van der Waals surface area contributed by atoms with Crippen molar-refractivity contribution in [2.75, 3.05) is 17.7 Å². The maximum atomic E-state index is 12.4. The summed E-state index contributed by atoms with van der Waals surface area (Å²) in [4.78, 5) is 36.2. The number of aromatic nitrogens is 1. The lowest BCUT2D eigenvalue weighted by Crippen LogP contribution is -2.20. The highest BCUT2D eigenvalue weighted by Crippen LogP contribution is 2.23. The van der Waals surface area contributed by atoms with Crippen LogP contribution in [0.3, 0.4) is 0 Å². The summed E-state index contributed by atoms with van der Waals surface area (Å²) in [5, 5.41) is 7.35. The Kier molecular flexibility index (Phi) is 6.46. The van der Waals surface area contributed by atoms with Gasteiger partial charge in [0.25, 0.3) is 5.91 Å². The zero-order valence-corrected chi connectivity index (χ0v) is 16.9. The van der Waals surface area contributed by atoms with Crippen LogP contribution in [0.5, 0.6) is 5.75 Å². The van der Waals surface area contributed by atoms with Crippen LogP contribution in [0, 0.1) is 6.92 Å². The van der Waals surface area contributed by atoms with E-state index in [0.717, 1.165) is 17.0 Å². The molecule has 0 saturated heterocycles. The number of anilines is 2. The van der Waals surface area contributed by atoms with Gasteiger partial charge in [-0.3, -0.25) is 14.4 Å². The molecule has 0 atom stereocenters. The largest absolute Gasteiger partial charge is 0.495 e. The van der Waals surface area contributed by atoms with Gasteiger partial charge in [0.2, 0.25) is 5.91 Å². The van der Waals surface area contributed by atoms with Crippen LogP contribution in [0.1, 0.15) is 22.5 Å². The van der Waals surface area contributed by atoms with Gasteiger partial charge in [-0.2, -0.15) is 0 Å². The maximum Gasteiger partial charge on any atom is 0.307 e. The van der Waals surface area contributed by atoms with Crippen molar-refractivity contribution in [2.45, 2.75) is 19.9 Å². The van der Waals surface area contributed by atoms with E-state index in [9.17, 15) is 14.4 Å². The quantitative estimate of drug-likeness (QED) is 0.623. The lowest BCUT2D eigenvalue weighted by atomic mass is 10.2. The molecule has 0 saturated carbocycles. The van der Waals surface area contributed by atoms with Crippen molar-refractivity contribution >= 4 is 34.5 Å². The zero-order valence-electron chi connectivity index (χ0n) is 16.1. The molecular formula is C21H21N3O4S. The summed E-state index contributed by atoms with van der Waals surface area (Å²) in [6.45, 7) is 2.17. The van der Waals surface area contributed by atoms with Gasteiger partial charge in [0.15, 0.2) is 0 Å². The van der Waals surface area contributed by atoms with Crippen molar-refractivity contribution in [1.82, 2.24) is 4.57 Å². The van der Waals surface area contributed by atoms with Crippen LogP contribution in [0.15, 0.2) is 58.7 Å². The minimum absolute atomic E-state index is 0.0688. The lowest BCUT2D eigenvalue weighted by molar-refractivity contribution is -0.116. The molecule has 150 valence electrons. The number of para-hydroxylation sites is 2. The van der Waals surface area contributed by atoms with Crippen molar-refractivity contribution < 1.29 is 14.3 Å². The summed E-state index contributed by atoms with van der Waals surface area (Å²) in [6, 6.07) is 13.7. The zero-order chi connectivity index (χ0) is 20.8. The SMILES string of the molecule is COc1ccccc1NC(=O)c1ccc(NC(=O)CCn2c(C)csc2=O)cc1. The van der Waals surface area contributed by atoms with E-state index in [1.165, 1.54) is 0 Å². The van der Waals surface area contributed by atoms with E-state index in [1.54, 1.807) is 53.5 Å². The molecule has 0 radical (unpaired) electrons. The average Bonchev–Trinajstić information content (AvgIpc) is 3.05. The van der Waals surface area contributed by atoms with Gasteiger partial charge in [0, 0.05) is 35.3 Å². The first-order valence-corrected chi connectivity index (χ1v) is 9.85. The first kappa shape index (κ1) is 20.3.